The molecule has 0 spiro atoms. The van der Waals surface area contributed by atoms with E-state index in [1.807, 2.05) is 26.0 Å². The van der Waals surface area contributed by atoms with Crippen molar-refractivity contribution in [3.8, 4) is 5.75 Å². The number of hydrogen-bond acceptors (Lipinski definition) is 3. The van der Waals surface area contributed by atoms with Gasteiger partial charge in [-0.3, -0.25) is 4.99 Å². The van der Waals surface area contributed by atoms with E-state index in [1.165, 1.54) is 0 Å². The molecule has 0 saturated carbocycles. The summed E-state index contributed by atoms with van der Waals surface area (Å²) in [6, 6.07) is 8.10. The highest BCUT2D eigenvalue weighted by Crippen LogP contribution is 2.13. The van der Waals surface area contributed by atoms with Gasteiger partial charge in [0.15, 0.2) is 5.96 Å². The molecule has 0 aliphatic rings. The Morgan fingerprint density at radius 3 is 2.61 bits per heavy atom. The molecule has 0 heterocycles. The van der Waals surface area contributed by atoms with Crippen molar-refractivity contribution >= 4 is 29.9 Å². The lowest BCUT2D eigenvalue weighted by Gasteiger charge is -2.24. The summed E-state index contributed by atoms with van der Waals surface area (Å²) < 4.78 is 11.0. The molecule has 6 heteroatoms. The van der Waals surface area contributed by atoms with Crippen molar-refractivity contribution in [3.05, 3.63) is 29.8 Å². The summed E-state index contributed by atoms with van der Waals surface area (Å²) in [6.45, 7) is 8.28. The van der Waals surface area contributed by atoms with E-state index in [0.717, 1.165) is 30.3 Å². The lowest BCUT2D eigenvalue weighted by atomic mass is 10.1. The van der Waals surface area contributed by atoms with E-state index in [0.29, 0.717) is 13.1 Å². The summed E-state index contributed by atoms with van der Waals surface area (Å²) in [5.41, 5.74) is 0.925. The summed E-state index contributed by atoms with van der Waals surface area (Å²) in [4.78, 5) is 4.22. The predicted molar refractivity (Wildman–Crippen MR) is 107 cm³/mol. The van der Waals surface area contributed by atoms with Gasteiger partial charge < -0.3 is 20.1 Å². The third-order valence-electron chi connectivity index (χ3n) is 3.29. The number of halogens is 1. The summed E-state index contributed by atoms with van der Waals surface area (Å²) in [7, 11) is 3.47. The summed E-state index contributed by atoms with van der Waals surface area (Å²) >= 11 is 0. The number of nitrogens with one attached hydrogen (secondary N) is 2. The molecule has 2 N–H and O–H groups in total. The van der Waals surface area contributed by atoms with Gasteiger partial charge in [0, 0.05) is 27.2 Å². The van der Waals surface area contributed by atoms with Crippen molar-refractivity contribution in [2.45, 2.75) is 39.3 Å². The van der Waals surface area contributed by atoms with Crippen LogP contribution in [0.15, 0.2) is 29.3 Å². The third kappa shape index (κ3) is 9.00. The van der Waals surface area contributed by atoms with Crippen LogP contribution in [0, 0.1) is 0 Å². The topological polar surface area (TPSA) is 54.9 Å². The van der Waals surface area contributed by atoms with E-state index in [4.69, 9.17) is 9.47 Å². The SMILES string of the molecule is CCCOc1cccc(CNC(=NC)NCC(C)(C)OC)c1.I. The fourth-order valence-electron chi connectivity index (χ4n) is 1.74. The van der Waals surface area contributed by atoms with Gasteiger partial charge in [0.05, 0.1) is 12.2 Å². The third-order valence-corrected chi connectivity index (χ3v) is 3.29. The molecule has 0 aliphatic heterocycles. The van der Waals surface area contributed by atoms with Crippen LogP contribution in [0.25, 0.3) is 0 Å². The van der Waals surface area contributed by atoms with Crippen molar-refractivity contribution in [1.82, 2.24) is 10.6 Å². The van der Waals surface area contributed by atoms with Gasteiger partial charge in [-0.2, -0.15) is 0 Å². The van der Waals surface area contributed by atoms with Gasteiger partial charge in [-0.15, -0.1) is 24.0 Å². The number of hydrogen-bond donors (Lipinski definition) is 2. The molecule has 0 unspecified atom stereocenters. The molecule has 23 heavy (non-hydrogen) atoms. The van der Waals surface area contributed by atoms with Gasteiger partial charge in [0.25, 0.3) is 0 Å². The van der Waals surface area contributed by atoms with Crippen LogP contribution >= 0.6 is 24.0 Å². The lowest BCUT2D eigenvalue weighted by Crippen LogP contribution is -2.45. The normalized spacial score (nSPS) is 11.6. The molecule has 0 fully saturated rings. The first kappa shape index (κ1) is 22.0. The monoisotopic (exact) mass is 435 g/mol. The second kappa shape index (κ2) is 11.5. The molecule has 1 aromatic rings. The highest BCUT2D eigenvalue weighted by atomic mass is 127. The fraction of sp³-hybridized carbons (Fsp3) is 0.588. The van der Waals surface area contributed by atoms with Gasteiger partial charge >= 0.3 is 0 Å². The average Bonchev–Trinajstić information content (AvgIpc) is 2.53. The summed E-state index contributed by atoms with van der Waals surface area (Å²) in [6.07, 6.45) is 1.01. The van der Waals surface area contributed by atoms with Gasteiger partial charge in [-0.1, -0.05) is 19.1 Å². The van der Waals surface area contributed by atoms with Crippen LogP contribution in [-0.2, 0) is 11.3 Å². The summed E-state index contributed by atoms with van der Waals surface area (Å²) in [5.74, 6) is 1.66. The number of rotatable bonds is 8. The number of benzene rings is 1. The van der Waals surface area contributed by atoms with Gasteiger partial charge in [-0.05, 0) is 38.0 Å². The average molecular weight is 435 g/mol. The number of methoxy groups -OCH3 is 1. The Bertz CT molecular complexity index is 479. The van der Waals surface area contributed by atoms with Crippen LogP contribution in [-0.4, -0.2) is 38.9 Å². The molecule has 132 valence electrons. The number of aliphatic imine (C=N–C) groups is 1. The van der Waals surface area contributed by atoms with Crippen LogP contribution < -0.4 is 15.4 Å². The Morgan fingerprint density at radius 2 is 2.00 bits per heavy atom. The first-order valence-electron chi connectivity index (χ1n) is 7.72. The van der Waals surface area contributed by atoms with E-state index < -0.39 is 0 Å². The highest BCUT2D eigenvalue weighted by molar-refractivity contribution is 14.0. The van der Waals surface area contributed by atoms with Gasteiger partial charge in [-0.25, -0.2) is 0 Å². The molecule has 0 bridgehead atoms. The fourth-order valence-corrected chi connectivity index (χ4v) is 1.74. The number of guanidine groups is 1. The Balaban J connectivity index is 0.00000484. The molecule has 5 nitrogen and oxygen atoms in total. The quantitative estimate of drug-likeness (QED) is 0.374. The van der Waals surface area contributed by atoms with E-state index in [9.17, 15) is 0 Å². The van der Waals surface area contributed by atoms with E-state index in [1.54, 1.807) is 14.2 Å². The van der Waals surface area contributed by atoms with Crippen LogP contribution in [0.1, 0.15) is 32.8 Å². The smallest absolute Gasteiger partial charge is 0.191 e. The zero-order valence-corrected chi connectivity index (χ0v) is 17.1. The van der Waals surface area contributed by atoms with Crippen molar-refractivity contribution in [2.24, 2.45) is 4.99 Å². The maximum atomic E-state index is 5.65. The largest absolute Gasteiger partial charge is 0.494 e. The maximum Gasteiger partial charge on any atom is 0.191 e. The van der Waals surface area contributed by atoms with E-state index in [2.05, 4.69) is 34.7 Å². The standard InChI is InChI=1S/C17H29N3O2.HI/c1-6-10-22-15-9-7-8-14(11-15)12-19-16(18-4)20-13-17(2,3)21-5;/h7-9,11H,6,10,12-13H2,1-5H3,(H2,18,19,20);1H. The zero-order chi connectivity index (χ0) is 16.4. The highest BCUT2D eigenvalue weighted by Gasteiger charge is 2.16. The molecule has 0 aromatic heterocycles. The van der Waals surface area contributed by atoms with Crippen LogP contribution in [0.4, 0.5) is 0 Å². The molecule has 0 amide bonds. The molecule has 0 atom stereocenters. The molecular weight excluding hydrogens is 405 g/mol. The molecule has 0 aliphatic carbocycles. The van der Waals surface area contributed by atoms with E-state index in [-0.39, 0.29) is 29.6 Å². The second-order valence-corrected chi connectivity index (χ2v) is 5.74. The van der Waals surface area contributed by atoms with Crippen molar-refractivity contribution in [2.75, 3.05) is 27.3 Å². The Morgan fingerprint density at radius 1 is 1.26 bits per heavy atom. The number of nitrogens with zero attached hydrogens (tertiary/aromatic N) is 1. The minimum absolute atomic E-state index is 0. The van der Waals surface area contributed by atoms with Crippen molar-refractivity contribution in [3.63, 3.8) is 0 Å². The van der Waals surface area contributed by atoms with E-state index >= 15 is 0 Å². The molecule has 1 rings (SSSR count). The van der Waals surface area contributed by atoms with Gasteiger partial charge in [0.2, 0.25) is 0 Å². The molecule has 1 aromatic carbocycles. The van der Waals surface area contributed by atoms with Gasteiger partial charge in [0.1, 0.15) is 5.75 Å². The Hall–Kier alpha value is -1.02. The Kier molecular flexibility index (Phi) is 11.0. The van der Waals surface area contributed by atoms with Crippen LogP contribution in [0.5, 0.6) is 5.75 Å². The molecular formula is C17H30IN3O2. The minimum Gasteiger partial charge on any atom is -0.494 e. The molecule has 0 saturated heterocycles. The zero-order valence-electron chi connectivity index (χ0n) is 14.8. The van der Waals surface area contributed by atoms with Crippen LogP contribution in [0.2, 0.25) is 0 Å². The first-order chi connectivity index (χ1) is 10.5. The first-order valence-corrected chi connectivity index (χ1v) is 7.72. The lowest BCUT2D eigenvalue weighted by molar-refractivity contribution is 0.0268. The number of ether oxygens (including phenoxy) is 2. The predicted octanol–water partition coefficient (Wildman–Crippen LogP) is 3.18. The minimum atomic E-state index is -0.231. The Labute approximate surface area is 157 Å². The van der Waals surface area contributed by atoms with Crippen molar-refractivity contribution in [1.29, 1.82) is 0 Å². The maximum absolute atomic E-state index is 5.65. The second-order valence-electron chi connectivity index (χ2n) is 5.74. The van der Waals surface area contributed by atoms with Crippen LogP contribution in [0.3, 0.4) is 0 Å². The summed E-state index contributed by atoms with van der Waals surface area (Å²) in [5, 5.41) is 6.56. The van der Waals surface area contributed by atoms with Crippen molar-refractivity contribution < 1.29 is 9.47 Å². The molecule has 0 radical (unpaired) electrons.